The standard InChI is InChI=1S/C35H34N2P2/c1-34(2,3)33-27(23-11-5-4-6-12-23)21-26(22-38)32(33)35(39,30-19-17-24-13-7-9-15-28(24)36-30)31-20-18-25-14-8-10-16-29(25)37-31/h4-21,33H,22,38-39H2,1-3H3. The Morgan fingerprint density at radius 1 is 0.667 bits per heavy atom. The van der Waals surface area contributed by atoms with Crippen molar-refractivity contribution in [1.82, 2.24) is 9.97 Å². The Morgan fingerprint density at radius 3 is 1.69 bits per heavy atom. The summed E-state index contributed by atoms with van der Waals surface area (Å²) in [6, 6.07) is 36.4. The number of para-hydroxylation sites is 2. The number of hydrogen-bond acceptors (Lipinski definition) is 2. The fraction of sp³-hybridized carbons (Fsp3) is 0.200. The number of benzene rings is 3. The Balaban J connectivity index is 1.66. The molecule has 0 amide bonds. The molecule has 5 aromatic rings. The van der Waals surface area contributed by atoms with Gasteiger partial charge < -0.3 is 0 Å². The van der Waals surface area contributed by atoms with Crippen molar-refractivity contribution in [1.29, 1.82) is 0 Å². The summed E-state index contributed by atoms with van der Waals surface area (Å²) < 4.78 is 0. The second kappa shape index (κ2) is 10.1. The van der Waals surface area contributed by atoms with Crippen molar-refractivity contribution in [3.05, 3.63) is 137 Å². The first kappa shape index (κ1) is 26.1. The van der Waals surface area contributed by atoms with Crippen LogP contribution >= 0.6 is 18.5 Å². The van der Waals surface area contributed by atoms with Gasteiger partial charge in [-0.3, -0.25) is 9.97 Å². The Bertz CT molecular complexity index is 1670. The third-order valence-electron chi connectivity index (χ3n) is 7.90. The molecule has 0 fully saturated rings. The van der Waals surface area contributed by atoms with Crippen LogP contribution in [0.25, 0.3) is 27.4 Å². The van der Waals surface area contributed by atoms with Gasteiger partial charge in [-0.1, -0.05) is 106 Å². The van der Waals surface area contributed by atoms with Gasteiger partial charge in [0.25, 0.3) is 0 Å². The summed E-state index contributed by atoms with van der Waals surface area (Å²) in [4.78, 5) is 10.6. The van der Waals surface area contributed by atoms with Crippen LogP contribution in [0.2, 0.25) is 0 Å². The lowest BCUT2D eigenvalue weighted by atomic mass is 9.67. The van der Waals surface area contributed by atoms with E-state index >= 15 is 0 Å². The summed E-state index contributed by atoms with van der Waals surface area (Å²) in [7, 11) is 6.24. The number of allylic oxidation sites excluding steroid dienone is 4. The molecule has 1 aliphatic carbocycles. The van der Waals surface area contributed by atoms with Gasteiger partial charge in [0.05, 0.1) is 27.6 Å². The van der Waals surface area contributed by atoms with Gasteiger partial charge in [0.2, 0.25) is 0 Å². The van der Waals surface area contributed by atoms with Crippen molar-refractivity contribution < 1.29 is 0 Å². The number of aromatic nitrogens is 2. The molecule has 4 heteroatoms. The molecule has 3 unspecified atom stereocenters. The van der Waals surface area contributed by atoms with E-state index in [9.17, 15) is 0 Å². The topological polar surface area (TPSA) is 25.8 Å². The minimum atomic E-state index is -0.620. The van der Waals surface area contributed by atoms with Crippen LogP contribution in [0.15, 0.2) is 120 Å². The minimum absolute atomic E-state index is 0.0336. The first-order valence-corrected chi connectivity index (χ1v) is 14.9. The Kier molecular flexibility index (Phi) is 6.74. The number of pyridine rings is 2. The van der Waals surface area contributed by atoms with E-state index in [1.165, 1.54) is 22.3 Å². The van der Waals surface area contributed by atoms with Crippen molar-refractivity contribution in [3.63, 3.8) is 0 Å². The van der Waals surface area contributed by atoms with Crippen molar-refractivity contribution in [2.75, 3.05) is 6.16 Å². The summed E-state index contributed by atoms with van der Waals surface area (Å²) in [5, 5.41) is 1.66. The van der Waals surface area contributed by atoms with E-state index in [4.69, 9.17) is 9.97 Å². The Morgan fingerprint density at radius 2 is 1.18 bits per heavy atom. The molecule has 0 saturated carbocycles. The summed E-state index contributed by atoms with van der Waals surface area (Å²) in [6.45, 7) is 7.06. The third kappa shape index (κ3) is 4.55. The highest BCUT2D eigenvalue weighted by Gasteiger charge is 2.48. The molecule has 6 rings (SSSR count). The minimum Gasteiger partial charge on any atom is -0.251 e. The van der Waals surface area contributed by atoms with Gasteiger partial charge in [-0.05, 0) is 58.1 Å². The van der Waals surface area contributed by atoms with Gasteiger partial charge in [0, 0.05) is 16.7 Å². The van der Waals surface area contributed by atoms with Crippen molar-refractivity contribution in [2.24, 2.45) is 11.3 Å². The normalized spacial score (nSPS) is 16.2. The molecule has 0 N–H and O–H groups in total. The van der Waals surface area contributed by atoms with Crippen LogP contribution in [0.5, 0.6) is 0 Å². The number of hydrogen-bond donors (Lipinski definition) is 0. The lowest BCUT2D eigenvalue weighted by Crippen LogP contribution is -2.35. The van der Waals surface area contributed by atoms with E-state index < -0.39 is 5.16 Å². The van der Waals surface area contributed by atoms with Crippen molar-refractivity contribution in [2.45, 2.75) is 25.9 Å². The zero-order chi connectivity index (χ0) is 27.2. The van der Waals surface area contributed by atoms with Gasteiger partial charge in [-0.2, -0.15) is 0 Å². The third-order valence-corrected chi connectivity index (χ3v) is 9.24. The van der Waals surface area contributed by atoms with E-state index in [-0.39, 0.29) is 11.3 Å². The molecule has 194 valence electrons. The molecule has 1 aliphatic rings. The molecule has 0 saturated heterocycles. The Hall–Kier alpha value is -3.18. The molecule has 2 nitrogen and oxygen atoms in total. The zero-order valence-corrected chi connectivity index (χ0v) is 25.0. The zero-order valence-electron chi connectivity index (χ0n) is 22.7. The van der Waals surface area contributed by atoms with E-state index in [1.807, 2.05) is 0 Å². The predicted octanol–water partition coefficient (Wildman–Crippen LogP) is 8.83. The van der Waals surface area contributed by atoms with Crippen molar-refractivity contribution >= 4 is 45.9 Å². The molecule has 3 atom stereocenters. The van der Waals surface area contributed by atoms with Gasteiger partial charge in [-0.15, -0.1) is 18.5 Å². The maximum atomic E-state index is 5.31. The van der Waals surface area contributed by atoms with Gasteiger partial charge in [-0.25, -0.2) is 0 Å². The van der Waals surface area contributed by atoms with Crippen LogP contribution in [0.3, 0.4) is 0 Å². The van der Waals surface area contributed by atoms with E-state index in [2.05, 4.69) is 148 Å². The SMILES string of the molecule is CC(C)(C)C1C(c2ccccc2)=CC(CP)=C1C(P)(c1ccc2ccccc2n1)c1ccc2ccccc2n1. The number of fused-ring (bicyclic) bond motifs is 2. The highest BCUT2D eigenvalue weighted by atomic mass is 31.0. The van der Waals surface area contributed by atoms with Crippen LogP contribution in [-0.2, 0) is 5.16 Å². The fourth-order valence-corrected chi connectivity index (χ4v) is 7.11. The average Bonchev–Trinajstić information content (AvgIpc) is 3.38. The molecule has 2 heterocycles. The van der Waals surface area contributed by atoms with Crippen LogP contribution in [-0.4, -0.2) is 16.1 Å². The smallest absolute Gasteiger partial charge is 0.0906 e. The largest absolute Gasteiger partial charge is 0.251 e. The highest BCUT2D eigenvalue weighted by Crippen LogP contribution is 2.58. The summed E-state index contributed by atoms with van der Waals surface area (Å²) in [5.74, 6) is 0.175. The summed E-state index contributed by atoms with van der Waals surface area (Å²) >= 11 is 0. The quantitative estimate of drug-likeness (QED) is 0.207. The van der Waals surface area contributed by atoms with Crippen LogP contribution in [0.1, 0.15) is 37.7 Å². The molecule has 0 aliphatic heterocycles. The van der Waals surface area contributed by atoms with E-state index in [0.29, 0.717) is 0 Å². The fourth-order valence-electron chi connectivity index (χ4n) is 6.10. The molecular formula is C35H34N2P2. The molecule has 3 aromatic carbocycles. The van der Waals surface area contributed by atoms with Gasteiger partial charge in [0.15, 0.2) is 0 Å². The first-order valence-electron chi connectivity index (χ1n) is 13.5. The predicted molar refractivity (Wildman–Crippen MR) is 173 cm³/mol. The number of nitrogens with zero attached hydrogens (tertiary/aromatic N) is 2. The molecule has 39 heavy (non-hydrogen) atoms. The van der Waals surface area contributed by atoms with Gasteiger partial charge in [0.1, 0.15) is 0 Å². The molecule has 0 bridgehead atoms. The maximum absolute atomic E-state index is 5.31. The maximum Gasteiger partial charge on any atom is 0.0906 e. The molecular weight excluding hydrogens is 510 g/mol. The van der Waals surface area contributed by atoms with Crippen molar-refractivity contribution in [3.8, 4) is 0 Å². The van der Waals surface area contributed by atoms with Crippen LogP contribution < -0.4 is 0 Å². The average molecular weight is 545 g/mol. The van der Waals surface area contributed by atoms with E-state index in [1.54, 1.807) is 0 Å². The summed E-state index contributed by atoms with van der Waals surface area (Å²) in [5.41, 5.74) is 9.28. The summed E-state index contributed by atoms with van der Waals surface area (Å²) in [6.07, 6.45) is 3.28. The second-order valence-electron chi connectivity index (χ2n) is 11.5. The monoisotopic (exact) mass is 544 g/mol. The first-order chi connectivity index (χ1) is 18.8. The lowest BCUT2D eigenvalue weighted by Gasteiger charge is -2.41. The number of rotatable bonds is 5. The lowest BCUT2D eigenvalue weighted by molar-refractivity contribution is 0.330. The van der Waals surface area contributed by atoms with Crippen LogP contribution in [0.4, 0.5) is 0 Å². The molecule has 0 radical (unpaired) electrons. The Labute approximate surface area is 236 Å². The van der Waals surface area contributed by atoms with E-state index in [0.717, 1.165) is 39.4 Å². The van der Waals surface area contributed by atoms with Crippen LogP contribution in [0, 0.1) is 11.3 Å². The van der Waals surface area contributed by atoms with Gasteiger partial charge >= 0.3 is 0 Å². The highest BCUT2D eigenvalue weighted by molar-refractivity contribution is 7.19. The second-order valence-corrected chi connectivity index (χ2v) is 12.8. The molecule has 2 aromatic heterocycles. The molecule has 0 spiro atoms.